The van der Waals surface area contributed by atoms with E-state index >= 15 is 0 Å². The number of nitrogens with one attached hydrogen (secondary N) is 2. The summed E-state index contributed by atoms with van der Waals surface area (Å²) >= 11 is 0. The largest absolute Gasteiger partial charge is 0.469 e. The third-order valence-electron chi connectivity index (χ3n) is 3.17. The fourth-order valence-corrected chi connectivity index (χ4v) is 2.48. The van der Waals surface area contributed by atoms with E-state index in [0.717, 1.165) is 4.90 Å². The minimum Gasteiger partial charge on any atom is -0.387 e. The minimum atomic E-state index is -4.73. The van der Waals surface area contributed by atoms with Crippen LogP contribution < -0.4 is 5.32 Å². The van der Waals surface area contributed by atoms with E-state index in [2.05, 4.69) is 9.84 Å². The lowest BCUT2D eigenvalue weighted by atomic mass is 10.1. The standard InChI is InChI=1S/C9H16N3O8P/c10-5-1-2-12(9(15)11-5)8-7(14)6(13)4(20-8)3-19-21(16,17)18/h4,6-8,13-14H,1-3H2,(H2,10,11,15)(H2,16,17,18)/t4-,6-,7-,8-/m1/s1. The Morgan fingerprint density at radius 2 is 2.10 bits per heavy atom. The lowest BCUT2D eigenvalue weighted by Gasteiger charge is -2.33. The summed E-state index contributed by atoms with van der Waals surface area (Å²) in [5.74, 6) is 0.0330. The highest BCUT2D eigenvalue weighted by Gasteiger charge is 2.48. The van der Waals surface area contributed by atoms with Gasteiger partial charge in [0.05, 0.1) is 6.61 Å². The Balaban J connectivity index is 2.01. The van der Waals surface area contributed by atoms with Crippen LogP contribution in [-0.4, -0.2) is 74.5 Å². The molecule has 4 atom stereocenters. The highest BCUT2D eigenvalue weighted by Crippen LogP contribution is 2.37. The number of amidine groups is 1. The topological polar surface area (TPSA) is 173 Å². The number of carbonyl (C=O) groups is 1. The van der Waals surface area contributed by atoms with Gasteiger partial charge in [0.1, 0.15) is 24.1 Å². The Morgan fingerprint density at radius 3 is 2.67 bits per heavy atom. The van der Waals surface area contributed by atoms with Crippen LogP contribution in [0.1, 0.15) is 6.42 Å². The molecule has 2 saturated heterocycles. The maximum absolute atomic E-state index is 11.7. The van der Waals surface area contributed by atoms with E-state index in [9.17, 15) is 19.6 Å². The van der Waals surface area contributed by atoms with Crippen molar-refractivity contribution >= 4 is 19.7 Å². The van der Waals surface area contributed by atoms with Crippen LogP contribution in [0, 0.1) is 5.41 Å². The van der Waals surface area contributed by atoms with Crippen LogP contribution in [-0.2, 0) is 13.8 Å². The van der Waals surface area contributed by atoms with Crippen molar-refractivity contribution in [2.45, 2.75) is 31.0 Å². The Labute approximate surface area is 119 Å². The first-order valence-corrected chi connectivity index (χ1v) is 7.59. The van der Waals surface area contributed by atoms with E-state index in [1.807, 2.05) is 0 Å². The van der Waals surface area contributed by atoms with Gasteiger partial charge in [0, 0.05) is 13.0 Å². The summed E-state index contributed by atoms with van der Waals surface area (Å²) in [6.45, 7) is -0.518. The maximum atomic E-state index is 11.7. The molecule has 0 saturated carbocycles. The van der Waals surface area contributed by atoms with Crippen molar-refractivity contribution in [2.24, 2.45) is 0 Å². The van der Waals surface area contributed by atoms with Crippen molar-refractivity contribution in [1.82, 2.24) is 10.2 Å². The van der Waals surface area contributed by atoms with Gasteiger partial charge in [-0.2, -0.15) is 0 Å². The molecule has 2 aliphatic heterocycles. The van der Waals surface area contributed by atoms with E-state index in [4.69, 9.17) is 19.9 Å². The van der Waals surface area contributed by atoms with Crippen molar-refractivity contribution in [1.29, 1.82) is 5.41 Å². The van der Waals surface area contributed by atoms with Crippen LogP contribution in [0.25, 0.3) is 0 Å². The molecular formula is C9H16N3O8P. The van der Waals surface area contributed by atoms with Gasteiger partial charge in [-0.05, 0) is 0 Å². The molecule has 2 rings (SSSR count). The first kappa shape index (κ1) is 16.3. The number of hydrogen-bond donors (Lipinski definition) is 6. The molecule has 0 unspecified atom stereocenters. The lowest BCUT2D eigenvalue weighted by molar-refractivity contribution is -0.0786. The summed E-state index contributed by atoms with van der Waals surface area (Å²) in [5, 5.41) is 29.3. The van der Waals surface area contributed by atoms with Gasteiger partial charge >= 0.3 is 13.9 Å². The van der Waals surface area contributed by atoms with Gasteiger partial charge in [-0.15, -0.1) is 0 Å². The van der Waals surface area contributed by atoms with E-state index in [0.29, 0.717) is 0 Å². The average Bonchev–Trinajstić information content (AvgIpc) is 2.64. The number of hydrogen-bond acceptors (Lipinski definition) is 7. The molecule has 0 spiro atoms. The first-order valence-electron chi connectivity index (χ1n) is 6.06. The number of urea groups is 1. The van der Waals surface area contributed by atoms with Gasteiger partial charge in [-0.25, -0.2) is 9.36 Å². The van der Waals surface area contributed by atoms with Crippen molar-refractivity contribution in [2.75, 3.05) is 13.2 Å². The van der Waals surface area contributed by atoms with Crippen LogP contribution >= 0.6 is 7.82 Å². The number of ether oxygens (including phenoxy) is 1. The number of carbonyl (C=O) groups excluding carboxylic acids is 1. The molecule has 12 heteroatoms. The summed E-state index contributed by atoms with van der Waals surface area (Å²) in [5.41, 5.74) is 0. The fourth-order valence-electron chi connectivity index (χ4n) is 2.13. The first-order chi connectivity index (χ1) is 9.69. The van der Waals surface area contributed by atoms with Gasteiger partial charge in [-0.1, -0.05) is 0 Å². The second-order valence-electron chi connectivity index (χ2n) is 4.68. The van der Waals surface area contributed by atoms with Gasteiger partial charge in [0.15, 0.2) is 6.23 Å². The van der Waals surface area contributed by atoms with Gasteiger partial charge in [-0.3, -0.25) is 20.1 Å². The molecule has 0 aromatic heterocycles. The average molecular weight is 325 g/mol. The van der Waals surface area contributed by atoms with Gasteiger partial charge < -0.3 is 24.7 Å². The van der Waals surface area contributed by atoms with Crippen LogP contribution in [0.15, 0.2) is 0 Å². The molecule has 21 heavy (non-hydrogen) atoms. The second kappa shape index (κ2) is 5.97. The second-order valence-corrected chi connectivity index (χ2v) is 5.92. The van der Waals surface area contributed by atoms with E-state index in [1.54, 1.807) is 0 Å². The Morgan fingerprint density at radius 1 is 1.43 bits per heavy atom. The number of amides is 2. The van der Waals surface area contributed by atoms with Crippen molar-refractivity contribution in [3.63, 3.8) is 0 Å². The molecule has 0 aromatic rings. The van der Waals surface area contributed by atoms with Crippen LogP contribution in [0.2, 0.25) is 0 Å². The number of aliphatic hydroxyl groups excluding tert-OH is 2. The Hall–Kier alpha value is -1.07. The van der Waals surface area contributed by atoms with E-state index in [1.165, 1.54) is 0 Å². The molecule has 2 heterocycles. The molecule has 120 valence electrons. The van der Waals surface area contributed by atoms with Crippen LogP contribution in [0.4, 0.5) is 4.79 Å². The maximum Gasteiger partial charge on any atom is 0.469 e. The van der Waals surface area contributed by atoms with Crippen LogP contribution in [0.5, 0.6) is 0 Å². The van der Waals surface area contributed by atoms with E-state index < -0.39 is 45.0 Å². The van der Waals surface area contributed by atoms with Crippen LogP contribution in [0.3, 0.4) is 0 Å². The normalized spacial score (nSPS) is 34.2. The summed E-state index contributed by atoms with van der Waals surface area (Å²) in [6.07, 6.45) is -5.05. The smallest absolute Gasteiger partial charge is 0.387 e. The molecule has 2 aliphatic rings. The molecule has 0 aromatic carbocycles. The number of rotatable bonds is 4. The molecular weight excluding hydrogens is 309 g/mol. The molecule has 0 bridgehead atoms. The Bertz CT molecular complexity index is 482. The lowest BCUT2D eigenvalue weighted by Crippen LogP contribution is -2.56. The van der Waals surface area contributed by atoms with Crippen molar-refractivity contribution in [3.05, 3.63) is 0 Å². The summed E-state index contributed by atoms with van der Waals surface area (Å²) in [4.78, 5) is 30.0. The molecule has 2 fully saturated rings. The fraction of sp³-hybridized carbons (Fsp3) is 0.778. The quantitative estimate of drug-likeness (QED) is 0.320. The number of phosphoric ester groups is 1. The number of aliphatic hydroxyl groups is 2. The zero-order chi connectivity index (χ0) is 15.8. The molecule has 0 radical (unpaired) electrons. The predicted molar refractivity (Wildman–Crippen MR) is 66.3 cm³/mol. The highest BCUT2D eigenvalue weighted by molar-refractivity contribution is 7.46. The summed E-state index contributed by atoms with van der Waals surface area (Å²) < 4.78 is 20.1. The SMILES string of the molecule is N=C1CCN([C@@H]2O[C@H](COP(=O)(O)O)[C@@H](O)[C@H]2O)C(=O)N1. The molecule has 6 N–H and O–H groups in total. The zero-order valence-corrected chi connectivity index (χ0v) is 11.6. The number of nitrogens with zero attached hydrogens (tertiary/aromatic N) is 1. The van der Waals surface area contributed by atoms with Gasteiger partial charge in [0.2, 0.25) is 0 Å². The molecule has 11 nitrogen and oxygen atoms in total. The summed E-state index contributed by atoms with van der Waals surface area (Å²) in [6, 6.07) is -0.654. The minimum absolute atomic E-state index is 0.0330. The molecule has 0 aliphatic carbocycles. The zero-order valence-electron chi connectivity index (χ0n) is 10.7. The number of phosphoric acid groups is 1. The van der Waals surface area contributed by atoms with Crippen molar-refractivity contribution in [3.8, 4) is 0 Å². The summed E-state index contributed by atoms with van der Waals surface area (Å²) in [7, 11) is -4.73. The molecule has 2 amide bonds. The predicted octanol–water partition coefficient (Wildman–Crippen LogP) is -2.07. The monoisotopic (exact) mass is 325 g/mol. The Kier molecular flexibility index (Phi) is 4.63. The van der Waals surface area contributed by atoms with E-state index in [-0.39, 0.29) is 18.8 Å². The highest BCUT2D eigenvalue weighted by atomic mass is 31.2. The van der Waals surface area contributed by atoms with Gasteiger partial charge in [0.25, 0.3) is 0 Å². The third kappa shape index (κ3) is 3.77. The van der Waals surface area contributed by atoms with Crippen molar-refractivity contribution < 1.29 is 38.6 Å². The third-order valence-corrected chi connectivity index (χ3v) is 3.66.